The van der Waals surface area contributed by atoms with Crippen LogP contribution in [0, 0.1) is 13.8 Å². The van der Waals surface area contributed by atoms with Gasteiger partial charge < -0.3 is 10.4 Å². The molecule has 0 radical (unpaired) electrons. The third-order valence-corrected chi connectivity index (χ3v) is 5.66. The van der Waals surface area contributed by atoms with Crippen molar-refractivity contribution in [3.05, 3.63) is 93.6 Å². The van der Waals surface area contributed by atoms with Crippen molar-refractivity contribution in [2.75, 3.05) is 5.32 Å². The van der Waals surface area contributed by atoms with E-state index >= 15 is 0 Å². The minimum Gasteiger partial charge on any atom is -0.508 e. The summed E-state index contributed by atoms with van der Waals surface area (Å²) >= 11 is 0. The lowest BCUT2D eigenvalue weighted by molar-refractivity contribution is 0.514. The monoisotopic (exact) mass is 413 g/mol. The van der Waals surface area contributed by atoms with Crippen LogP contribution >= 0.6 is 0 Å². The first-order chi connectivity index (χ1) is 14.8. The van der Waals surface area contributed by atoms with Crippen molar-refractivity contribution in [1.29, 1.82) is 0 Å². The minimum atomic E-state index is -0.0415. The van der Waals surface area contributed by atoms with Crippen molar-refractivity contribution < 1.29 is 5.11 Å². The number of aromatic nitrogens is 2. The Morgan fingerprint density at radius 2 is 2.03 bits per heavy atom. The van der Waals surface area contributed by atoms with E-state index in [2.05, 4.69) is 24.0 Å². The van der Waals surface area contributed by atoms with Crippen LogP contribution in [0.3, 0.4) is 0 Å². The zero-order valence-corrected chi connectivity index (χ0v) is 18.2. The average Bonchev–Trinajstić information content (AvgIpc) is 2.76. The Balaban J connectivity index is 1.80. The zero-order valence-electron chi connectivity index (χ0n) is 18.2. The number of fused-ring (bicyclic) bond motifs is 1. The van der Waals surface area contributed by atoms with Crippen molar-refractivity contribution in [1.82, 2.24) is 9.55 Å². The second-order valence-corrected chi connectivity index (χ2v) is 8.13. The number of nitrogens with one attached hydrogen (secondary N) is 1. The summed E-state index contributed by atoms with van der Waals surface area (Å²) in [5, 5.41) is 14.0. The van der Waals surface area contributed by atoms with E-state index in [9.17, 15) is 9.90 Å². The summed E-state index contributed by atoms with van der Waals surface area (Å²) in [5.41, 5.74) is 6.19. The molecule has 5 heteroatoms. The van der Waals surface area contributed by atoms with E-state index in [4.69, 9.17) is 4.98 Å². The Hall–Kier alpha value is -3.60. The maximum Gasteiger partial charge on any atom is 0.261 e. The van der Waals surface area contributed by atoms with Crippen molar-refractivity contribution in [3.63, 3.8) is 0 Å². The molecule has 0 amide bonds. The molecule has 0 unspecified atom stereocenters. The van der Waals surface area contributed by atoms with Gasteiger partial charge in [0.15, 0.2) is 0 Å². The first kappa shape index (κ1) is 20.7. The van der Waals surface area contributed by atoms with Crippen LogP contribution in [0.2, 0.25) is 0 Å². The summed E-state index contributed by atoms with van der Waals surface area (Å²) < 4.78 is 1.65. The molecule has 0 fully saturated rings. The van der Waals surface area contributed by atoms with E-state index in [0.29, 0.717) is 28.8 Å². The molecule has 5 nitrogen and oxygen atoms in total. The van der Waals surface area contributed by atoms with Gasteiger partial charge in [0.05, 0.1) is 10.9 Å². The molecular weight excluding hydrogens is 386 g/mol. The van der Waals surface area contributed by atoms with Gasteiger partial charge in [0, 0.05) is 24.8 Å². The molecular formula is C26H27N3O2. The molecule has 2 N–H and O–H groups in total. The largest absolute Gasteiger partial charge is 0.508 e. The molecule has 0 aliphatic heterocycles. The Morgan fingerprint density at radius 1 is 1.23 bits per heavy atom. The SMILES string of the molecule is C=C(O)c1cc(C)ccc1NCc1cc(C)cc2c(=O)n(C)c(C3=CC=CCC3)nc12. The summed E-state index contributed by atoms with van der Waals surface area (Å²) in [6.07, 6.45) is 7.99. The number of nitrogens with zero attached hydrogens (tertiary/aromatic N) is 2. The molecule has 4 rings (SSSR count). The van der Waals surface area contributed by atoms with Crippen LogP contribution in [0.25, 0.3) is 22.2 Å². The second-order valence-electron chi connectivity index (χ2n) is 8.13. The molecule has 158 valence electrons. The van der Waals surface area contributed by atoms with Crippen molar-refractivity contribution in [2.24, 2.45) is 7.05 Å². The smallest absolute Gasteiger partial charge is 0.261 e. The molecule has 1 heterocycles. The normalized spacial score (nSPS) is 13.3. The Kier molecular flexibility index (Phi) is 5.51. The van der Waals surface area contributed by atoms with Gasteiger partial charge in [0.2, 0.25) is 0 Å². The minimum absolute atomic E-state index is 0.0203. The van der Waals surface area contributed by atoms with Crippen LogP contribution in [0.5, 0.6) is 0 Å². The summed E-state index contributed by atoms with van der Waals surface area (Å²) in [6, 6.07) is 9.77. The van der Waals surface area contributed by atoms with Gasteiger partial charge in [-0.05, 0) is 61.6 Å². The summed E-state index contributed by atoms with van der Waals surface area (Å²) in [5.74, 6) is 0.735. The number of anilines is 1. The summed E-state index contributed by atoms with van der Waals surface area (Å²) in [4.78, 5) is 18.1. The molecule has 0 saturated carbocycles. The predicted octanol–water partition coefficient (Wildman–Crippen LogP) is 5.42. The Bertz CT molecular complexity index is 1310. The topological polar surface area (TPSA) is 67.2 Å². The van der Waals surface area contributed by atoms with E-state index in [0.717, 1.165) is 40.8 Å². The second kappa shape index (κ2) is 8.26. The standard InChI is InChI=1S/C26H27N3O2/c1-16-10-11-23(21(13-16)18(3)30)27-15-20-12-17(2)14-22-24(20)28-25(29(4)26(22)31)19-8-6-5-7-9-19/h5-6,8,10-14,27,30H,3,7,9,15H2,1-2,4H3. The molecule has 0 bridgehead atoms. The zero-order chi connectivity index (χ0) is 22.1. The van der Waals surface area contributed by atoms with Crippen molar-refractivity contribution in [2.45, 2.75) is 33.2 Å². The quantitative estimate of drug-likeness (QED) is 0.548. The fraction of sp³-hybridized carbons (Fsp3) is 0.231. The Morgan fingerprint density at radius 3 is 2.74 bits per heavy atom. The van der Waals surface area contributed by atoms with Gasteiger partial charge in [0.1, 0.15) is 11.6 Å². The number of hydrogen-bond acceptors (Lipinski definition) is 4. The maximum atomic E-state index is 13.2. The van der Waals surface area contributed by atoms with Gasteiger partial charge in [-0.25, -0.2) is 4.98 Å². The molecule has 1 aromatic heterocycles. The number of hydrogen-bond donors (Lipinski definition) is 2. The van der Waals surface area contributed by atoms with Crippen molar-refractivity contribution >= 4 is 27.9 Å². The van der Waals surface area contributed by atoms with Gasteiger partial charge in [-0.3, -0.25) is 9.36 Å². The lowest BCUT2D eigenvalue weighted by atomic mass is 10.0. The fourth-order valence-electron chi connectivity index (χ4n) is 4.06. The highest BCUT2D eigenvalue weighted by atomic mass is 16.3. The van der Waals surface area contributed by atoms with Crippen molar-refractivity contribution in [3.8, 4) is 0 Å². The molecule has 0 atom stereocenters. The number of allylic oxidation sites excluding steroid dienone is 4. The van der Waals surface area contributed by atoms with Crippen LogP contribution in [0.4, 0.5) is 5.69 Å². The highest BCUT2D eigenvalue weighted by molar-refractivity contribution is 5.84. The number of aliphatic hydroxyl groups is 1. The average molecular weight is 414 g/mol. The molecule has 0 spiro atoms. The highest BCUT2D eigenvalue weighted by Crippen LogP contribution is 2.27. The molecule has 31 heavy (non-hydrogen) atoms. The van der Waals surface area contributed by atoms with Crippen LogP contribution in [-0.2, 0) is 13.6 Å². The lowest BCUT2D eigenvalue weighted by Gasteiger charge is -2.17. The van der Waals surface area contributed by atoms with Crippen LogP contribution in [0.15, 0.2) is 59.9 Å². The van der Waals surface area contributed by atoms with E-state index in [1.54, 1.807) is 11.6 Å². The highest BCUT2D eigenvalue weighted by Gasteiger charge is 2.16. The molecule has 1 aliphatic rings. The number of rotatable bonds is 5. The van der Waals surface area contributed by atoms with Gasteiger partial charge >= 0.3 is 0 Å². The predicted molar refractivity (Wildman–Crippen MR) is 128 cm³/mol. The molecule has 3 aromatic rings. The molecule has 2 aromatic carbocycles. The van der Waals surface area contributed by atoms with E-state index in [-0.39, 0.29) is 11.3 Å². The first-order valence-corrected chi connectivity index (χ1v) is 10.4. The molecule has 1 aliphatic carbocycles. The van der Waals surface area contributed by atoms with Gasteiger partial charge in [0.25, 0.3) is 5.56 Å². The van der Waals surface area contributed by atoms with Gasteiger partial charge in [-0.2, -0.15) is 0 Å². The van der Waals surface area contributed by atoms with Crippen LogP contribution in [0.1, 0.15) is 40.9 Å². The summed E-state index contributed by atoms with van der Waals surface area (Å²) in [7, 11) is 1.79. The first-order valence-electron chi connectivity index (χ1n) is 10.4. The van der Waals surface area contributed by atoms with E-state index in [1.807, 2.05) is 50.3 Å². The van der Waals surface area contributed by atoms with Gasteiger partial charge in [-0.15, -0.1) is 0 Å². The number of benzene rings is 2. The number of aliphatic hydroxyl groups excluding tert-OH is 1. The lowest BCUT2D eigenvalue weighted by Crippen LogP contribution is -2.23. The third-order valence-electron chi connectivity index (χ3n) is 5.66. The molecule has 0 saturated heterocycles. The summed E-state index contributed by atoms with van der Waals surface area (Å²) in [6.45, 7) is 8.11. The van der Waals surface area contributed by atoms with E-state index in [1.165, 1.54) is 0 Å². The third kappa shape index (κ3) is 4.04. The van der Waals surface area contributed by atoms with Crippen LogP contribution < -0.4 is 10.9 Å². The maximum absolute atomic E-state index is 13.2. The van der Waals surface area contributed by atoms with Crippen LogP contribution in [-0.4, -0.2) is 14.7 Å². The Labute approximate surface area is 182 Å². The number of aryl methyl sites for hydroxylation is 2. The fourth-order valence-corrected chi connectivity index (χ4v) is 4.06. The van der Waals surface area contributed by atoms with Gasteiger partial charge in [-0.1, -0.05) is 42.5 Å². The van der Waals surface area contributed by atoms with E-state index < -0.39 is 0 Å².